The number of nitrogens with zero attached hydrogens (tertiary/aromatic N) is 1. The zero-order chi connectivity index (χ0) is 21.3. The highest BCUT2D eigenvalue weighted by Gasteiger charge is 2.52. The second-order valence-corrected chi connectivity index (χ2v) is 9.41. The lowest BCUT2D eigenvalue weighted by Gasteiger charge is -2.30. The molecule has 2 aromatic rings. The maximum Gasteiger partial charge on any atom is 0.253 e. The van der Waals surface area contributed by atoms with Gasteiger partial charge >= 0.3 is 0 Å². The molecule has 30 heavy (non-hydrogen) atoms. The minimum Gasteiger partial charge on any atom is -0.345 e. The molecule has 0 radical (unpaired) electrons. The van der Waals surface area contributed by atoms with Crippen molar-refractivity contribution >= 4 is 35.2 Å². The van der Waals surface area contributed by atoms with Crippen LogP contribution in [-0.2, 0) is 9.59 Å². The average Bonchev–Trinajstić information content (AvgIpc) is 3.24. The van der Waals surface area contributed by atoms with Crippen molar-refractivity contribution in [3.63, 3.8) is 0 Å². The van der Waals surface area contributed by atoms with Crippen LogP contribution in [-0.4, -0.2) is 39.3 Å². The van der Waals surface area contributed by atoms with Crippen molar-refractivity contribution < 1.29 is 14.4 Å². The van der Waals surface area contributed by atoms with Crippen LogP contribution in [0.25, 0.3) is 0 Å². The number of anilines is 1. The van der Waals surface area contributed by atoms with Crippen LogP contribution in [0.1, 0.15) is 48.7 Å². The molecule has 2 aromatic carbocycles. The lowest BCUT2D eigenvalue weighted by Crippen LogP contribution is -2.48. The first-order valence-corrected chi connectivity index (χ1v) is 11.1. The minimum absolute atomic E-state index is 0.0189. The number of nitrogens with one attached hydrogen (secondary N) is 2. The van der Waals surface area contributed by atoms with Gasteiger partial charge in [-0.25, -0.2) is 0 Å². The smallest absolute Gasteiger partial charge is 0.253 e. The van der Waals surface area contributed by atoms with Crippen molar-refractivity contribution in [2.45, 2.75) is 43.6 Å². The fourth-order valence-corrected chi connectivity index (χ4v) is 5.55. The van der Waals surface area contributed by atoms with Crippen LogP contribution >= 0.6 is 11.8 Å². The van der Waals surface area contributed by atoms with Crippen LogP contribution in [0.4, 0.5) is 5.69 Å². The number of para-hydroxylation sites is 1. The van der Waals surface area contributed by atoms with Gasteiger partial charge in [0.15, 0.2) is 0 Å². The Labute approximate surface area is 180 Å². The first-order valence-electron chi connectivity index (χ1n) is 10.1. The second kappa shape index (κ2) is 8.14. The standard InChI is InChI=1S/C23H25N3O3S/c1-15(16-8-4-3-5-9-16)24-21(28)17-10-6-7-11-18(17)25-22(29)19-14-30-23(2)13-12-20(27)26(19)23/h3-11,15,19H,12-14H2,1-2H3,(H,24,28)(H,25,29). The fourth-order valence-electron chi connectivity index (χ4n) is 4.12. The van der Waals surface area contributed by atoms with Gasteiger partial charge in [0.1, 0.15) is 6.04 Å². The van der Waals surface area contributed by atoms with E-state index in [2.05, 4.69) is 10.6 Å². The summed E-state index contributed by atoms with van der Waals surface area (Å²) >= 11 is 1.65. The van der Waals surface area contributed by atoms with Gasteiger partial charge in [-0.15, -0.1) is 11.8 Å². The maximum atomic E-state index is 13.0. The van der Waals surface area contributed by atoms with Gasteiger partial charge in [-0.2, -0.15) is 0 Å². The number of carbonyl (C=O) groups excluding carboxylic acids is 3. The van der Waals surface area contributed by atoms with Gasteiger partial charge in [-0.1, -0.05) is 42.5 Å². The molecule has 0 aromatic heterocycles. The molecule has 7 heteroatoms. The van der Waals surface area contributed by atoms with Crippen LogP contribution in [0.2, 0.25) is 0 Å². The molecule has 2 heterocycles. The highest BCUT2D eigenvalue weighted by molar-refractivity contribution is 8.01. The van der Waals surface area contributed by atoms with Crippen molar-refractivity contribution in [1.82, 2.24) is 10.2 Å². The van der Waals surface area contributed by atoms with E-state index in [0.717, 1.165) is 12.0 Å². The topological polar surface area (TPSA) is 78.5 Å². The Morgan fingerprint density at radius 1 is 1.13 bits per heavy atom. The summed E-state index contributed by atoms with van der Waals surface area (Å²) in [6.45, 7) is 3.94. The quantitative estimate of drug-likeness (QED) is 0.771. The number of carbonyl (C=O) groups is 3. The molecule has 3 unspecified atom stereocenters. The van der Waals surface area contributed by atoms with E-state index in [-0.39, 0.29) is 28.6 Å². The summed E-state index contributed by atoms with van der Waals surface area (Å²) in [7, 11) is 0. The predicted octanol–water partition coefficient (Wildman–Crippen LogP) is 3.57. The SMILES string of the molecule is CC(NC(=O)c1ccccc1NC(=O)C1CSC2(C)CCC(=O)N12)c1ccccc1. The van der Waals surface area contributed by atoms with E-state index in [1.54, 1.807) is 40.9 Å². The van der Waals surface area contributed by atoms with Crippen LogP contribution in [0.3, 0.4) is 0 Å². The second-order valence-electron chi connectivity index (χ2n) is 7.91. The number of benzene rings is 2. The lowest BCUT2D eigenvalue weighted by atomic mass is 10.1. The summed E-state index contributed by atoms with van der Waals surface area (Å²) < 4.78 is 0. The summed E-state index contributed by atoms with van der Waals surface area (Å²) in [6, 6.07) is 16.0. The van der Waals surface area contributed by atoms with E-state index in [1.807, 2.05) is 44.2 Å². The zero-order valence-electron chi connectivity index (χ0n) is 17.1. The van der Waals surface area contributed by atoms with Crippen LogP contribution in [0, 0.1) is 0 Å². The summed E-state index contributed by atoms with van der Waals surface area (Å²) in [5.74, 6) is 0.0707. The molecule has 0 aliphatic carbocycles. The highest BCUT2D eigenvalue weighted by Crippen LogP contribution is 2.47. The van der Waals surface area contributed by atoms with E-state index >= 15 is 0 Å². The summed E-state index contributed by atoms with van der Waals surface area (Å²) in [4.78, 5) is 39.7. The maximum absolute atomic E-state index is 13.0. The normalized spacial score (nSPS) is 23.7. The molecule has 0 bridgehead atoms. The molecule has 2 fully saturated rings. The number of rotatable bonds is 5. The van der Waals surface area contributed by atoms with E-state index in [4.69, 9.17) is 0 Å². The zero-order valence-corrected chi connectivity index (χ0v) is 17.9. The van der Waals surface area contributed by atoms with Gasteiger partial charge in [-0.3, -0.25) is 14.4 Å². The largest absolute Gasteiger partial charge is 0.345 e. The predicted molar refractivity (Wildman–Crippen MR) is 118 cm³/mol. The number of thioether (sulfide) groups is 1. The van der Waals surface area contributed by atoms with Crippen molar-refractivity contribution in [3.05, 3.63) is 65.7 Å². The Morgan fingerprint density at radius 3 is 2.60 bits per heavy atom. The van der Waals surface area contributed by atoms with Crippen molar-refractivity contribution in [2.24, 2.45) is 0 Å². The first-order chi connectivity index (χ1) is 14.4. The Hall–Kier alpha value is -2.80. The van der Waals surface area contributed by atoms with Gasteiger partial charge < -0.3 is 15.5 Å². The highest BCUT2D eigenvalue weighted by atomic mass is 32.2. The van der Waals surface area contributed by atoms with Gasteiger partial charge in [0.2, 0.25) is 11.8 Å². The van der Waals surface area contributed by atoms with E-state index in [1.165, 1.54) is 0 Å². The van der Waals surface area contributed by atoms with Crippen LogP contribution in [0.15, 0.2) is 54.6 Å². The minimum atomic E-state index is -0.519. The Morgan fingerprint density at radius 2 is 1.83 bits per heavy atom. The molecule has 6 nitrogen and oxygen atoms in total. The van der Waals surface area contributed by atoms with Gasteiger partial charge in [0.05, 0.1) is 22.2 Å². The fraction of sp³-hybridized carbons (Fsp3) is 0.348. The Balaban J connectivity index is 1.49. The molecule has 0 saturated carbocycles. The van der Waals surface area contributed by atoms with Crippen molar-refractivity contribution in [1.29, 1.82) is 0 Å². The van der Waals surface area contributed by atoms with Gasteiger partial charge in [-0.05, 0) is 38.0 Å². The number of amides is 3. The van der Waals surface area contributed by atoms with Crippen molar-refractivity contribution in [3.8, 4) is 0 Å². The molecule has 3 atom stereocenters. The number of hydrogen-bond acceptors (Lipinski definition) is 4. The average molecular weight is 424 g/mol. The Kier molecular flexibility index (Phi) is 5.56. The third-order valence-electron chi connectivity index (χ3n) is 5.82. The summed E-state index contributed by atoms with van der Waals surface area (Å²) in [5, 5.41) is 5.88. The molecule has 2 N–H and O–H groups in total. The molecule has 0 spiro atoms. The van der Waals surface area contributed by atoms with Gasteiger partial charge in [0, 0.05) is 12.2 Å². The number of fused-ring (bicyclic) bond motifs is 1. The third kappa shape index (κ3) is 3.81. The molecule has 3 amide bonds. The van der Waals surface area contributed by atoms with Crippen molar-refractivity contribution in [2.75, 3.05) is 11.1 Å². The van der Waals surface area contributed by atoms with Crippen LogP contribution in [0.5, 0.6) is 0 Å². The lowest BCUT2D eigenvalue weighted by molar-refractivity contribution is -0.135. The van der Waals surface area contributed by atoms with E-state index in [9.17, 15) is 14.4 Å². The molecular formula is C23H25N3O3S. The van der Waals surface area contributed by atoms with Crippen LogP contribution < -0.4 is 10.6 Å². The molecule has 2 saturated heterocycles. The monoisotopic (exact) mass is 423 g/mol. The molecule has 2 aliphatic rings. The summed E-state index contributed by atoms with van der Waals surface area (Å²) in [5.41, 5.74) is 1.85. The molecule has 2 aliphatic heterocycles. The third-order valence-corrected chi connectivity index (χ3v) is 7.33. The Bertz CT molecular complexity index is 981. The summed E-state index contributed by atoms with van der Waals surface area (Å²) in [6.07, 6.45) is 1.24. The molecule has 4 rings (SSSR count). The first kappa shape index (κ1) is 20.5. The molecular weight excluding hydrogens is 398 g/mol. The van der Waals surface area contributed by atoms with E-state index in [0.29, 0.717) is 23.4 Å². The number of hydrogen-bond donors (Lipinski definition) is 2. The molecule has 156 valence electrons. The van der Waals surface area contributed by atoms with E-state index < -0.39 is 6.04 Å². The van der Waals surface area contributed by atoms with Gasteiger partial charge in [0.25, 0.3) is 5.91 Å².